The Morgan fingerprint density at radius 3 is 2.11 bits per heavy atom. The Bertz CT molecular complexity index is 1500. The lowest BCUT2D eigenvalue weighted by Crippen LogP contribution is -2.48. The lowest BCUT2D eigenvalue weighted by Gasteiger charge is -2.44. The molecule has 2 aromatic carbocycles. The lowest BCUT2D eigenvalue weighted by atomic mass is 9.87. The van der Waals surface area contributed by atoms with E-state index in [-0.39, 0.29) is 41.5 Å². The van der Waals surface area contributed by atoms with Crippen LogP contribution < -0.4 is 14.5 Å². The number of amides is 1. The molecular formula is C27H25F9N6O2. The minimum Gasteiger partial charge on any atom is -0.406 e. The van der Waals surface area contributed by atoms with Crippen LogP contribution in [0.25, 0.3) is 0 Å². The third kappa shape index (κ3) is 6.70. The van der Waals surface area contributed by atoms with E-state index in [0.29, 0.717) is 31.4 Å². The molecular weight excluding hydrogens is 611 g/mol. The van der Waals surface area contributed by atoms with E-state index < -0.39 is 59.8 Å². The summed E-state index contributed by atoms with van der Waals surface area (Å²) in [6.07, 6.45) is -13.6. The molecule has 0 saturated heterocycles. The highest BCUT2D eigenvalue weighted by Gasteiger charge is 2.44. The summed E-state index contributed by atoms with van der Waals surface area (Å²) in [5.74, 6) is -1.31. The number of carbonyl (C=O) groups is 1. The highest BCUT2D eigenvalue weighted by molar-refractivity contribution is 5.98. The van der Waals surface area contributed by atoms with Gasteiger partial charge in [-0.05, 0) is 72.9 Å². The number of halogens is 9. The summed E-state index contributed by atoms with van der Waals surface area (Å²) in [5, 5.41) is 11.8. The van der Waals surface area contributed by atoms with Crippen LogP contribution >= 0.6 is 0 Å². The van der Waals surface area contributed by atoms with E-state index in [9.17, 15) is 44.3 Å². The molecule has 238 valence electrons. The van der Waals surface area contributed by atoms with Crippen LogP contribution in [0.4, 0.5) is 51.1 Å². The number of hydrogen-bond acceptors (Lipinski definition) is 6. The van der Waals surface area contributed by atoms with Gasteiger partial charge in [-0.25, -0.2) is 0 Å². The van der Waals surface area contributed by atoms with Gasteiger partial charge in [0.05, 0.1) is 24.2 Å². The molecule has 2 heterocycles. The molecule has 1 fully saturated rings. The van der Waals surface area contributed by atoms with Gasteiger partial charge in [0.15, 0.2) is 0 Å². The zero-order chi connectivity index (χ0) is 32.2. The molecule has 44 heavy (non-hydrogen) atoms. The molecule has 1 aliphatic heterocycles. The molecule has 17 heteroatoms. The van der Waals surface area contributed by atoms with Gasteiger partial charge in [-0.1, -0.05) is 12.0 Å². The van der Waals surface area contributed by atoms with Crippen molar-refractivity contribution in [2.45, 2.75) is 70.0 Å². The Morgan fingerprint density at radius 2 is 1.61 bits per heavy atom. The van der Waals surface area contributed by atoms with Crippen LogP contribution in [0.5, 0.6) is 5.75 Å². The third-order valence-corrected chi connectivity index (χ3v) is 7.48. The molecule has 0 N–H and O–H groups in total. The number of alkyl halides is 9. The number of anilines is 2. The van der Waals surface area contributed by atoms with Gasteiger partial charge in [0.1, 0.15) is 5.75 Å². The van der Waals surface area contributed by atoms with Crippen molar-refractivity contribution in [3.05, 3.63) is 58.7 Å². The second-order valence-corrected chi connectivity index (χ2v) is 10.7. The van der Waals surface area contributed by atoms with Gasteiger partial charge in [-0.3, -0.25) is 4.79 Å². The average molecular weight is 637 g/mol. The maximum absolute atomic E-state index is 13.7. The monoisotopic (exact) mass is 636 g/mol. The van der Waals surface area contributed by atoms with Crippen molar-refractivity contribution in [3.8, 4) is 5.75 Å². The van der Waals surface area contributed by atoms with Gasteiger partial charge in [0.25, 0.3) is 5.95 Å². The maximum atomic E-state index is 13.7. The summed E-state index contributed by atoms with van der Waals surface area (Å²) >= 11 is 0. The number of carbonyl (C=O) groups excluding carboxylic acids is 1. The Morgan fingerprint density at radius 1 is 0.977 bits per heavy atom. The van der Waals surface area contributed by atoms with Crippen LogP contribution in [0, 0.1) is 5.92 Å². The first-order valence-electron chi connectivity index (χ1n) is 13.5. The fraction of sp³-hybridized carbons (Fsp3) is 0.481. The number of rotatable bonds is 7. The molecule has 1 amide bonds. The molecule has 2 aliphatic rings. The SMILES string of the molecule is CC[C@@H]1C[C@H](N(Cc2cc(C(F)(F)F)cc(C(F)(F)F)c2)c2nnn(C)n2)c2cc(OC(F)(F)F)ccc2N1C(=O)C1CC1. The van der Waals surface area contributed by atoms with Crippen LogP contribution in [0.15, 0.2) is 36.4 Å². The van der Waals surface area contributed by atoms with Crippen molar-refractivity contribution in [3.63, 3.8) is 0 Å². The van der Waals surface area contributed by atoms with E-state index in [1.165, 1.54) is 22.9 Å². The van der Waals surface area contributed by atoms with Crippen molar-refractivity contribution < 1.29 is 49.0 Å². The summed E-state index contributed by atoms with van der Waals surface area (Å²) in [5.41, 5.74) is -3.11. The van der Waals surface area contributed by atoms with Gasteiger partial charge in [-0.2, -0.15) is 31.1 Å². The molecule has 1 aromatic heterocycles. The number of benzene rings is 2. The van der Waals surface area contributed by atoms with Crippen LogP contribution in [0.2, 0.25) is 0 Å². The van der Waals surface area contributed by atoms with Gasteiger partial charge in [0.2, 0.25) is 5.91 Å². The largest absolute Gasteiger partial charge is 0.573 e. The summed E-state index contributed by atoms with van der Waals surface area (Å²) in [6, 6.07) is 2.99. The van der Waals surface area contributed by atoms with Crippen LogP contribution in [-0.4, -0.2) is 38.5 Å². The fourth-order valence-electron chi connectivity index (χ4n) is 5.39. The molecule has 0 bridgehead atoms. The van der Waals surface area contributed by atoms with Crippen LogP contribution in [0.3, 0.4) is 0 Å². The standard InChI is InChI=1S/C27H25F9N6O2/c1-3-18-11-22(20-12-19(44-27(34,35)36)6-7-21(20)42(18)23(43)15-4-5-15)41(24-37-39-40(2)38-24)13-14-8-16(25(28,29)30)10-17(9-14)26(31,32)33/h6-10,12,15,18,22H,3-5,11,13H2,1-2H3/t18-,22+/m1/s1. The normalized spacial score (nSPS) is 19.1. The second kappa shape index (κ2) is 11.1. The predicted octanol–water partition coefficient (Wildman–Crippen LogP) is 6.82. The van der Waals surface area contributed by atoms with Crippen molar-refractivity contribution in [1.82, 2.24) is 20.2 Å². The lowest BCUT2D eigenvalue weighted by molar-refractivity contribution is -0.274. The van der Waals surface area contributed by atoms with E-state index in [2.05, 4.69) is 20.1 Å². The summed E-state index contributed by atoms with van der Waals surface area (Å²) < 4.78 is 126. The molecule has 3 aromatic rings. The van der Waals surface area contributed by atoms with Gasteiger partial charge >= 0.3 is 18.7 Å². The third-order valence-electron chi connectivity index (χ3n) is 7.48. The first-order chi connectivity index (χ1) is 20.4. The van der Waals surface area contributed by atoms with Crippen molar-refractivity contribution in [2.24, 2.45) is 13.0 Å². The van der Waals surface area contributed by atoms with Crippen LogP contribution in [0.1, 0.15) is 60.9 Å². The maximum Gasteiger partial charge on any atom is 0.573 e. The zero-order valence-electron chi connectivity index (χ0n) is 23.1. The Balaban J connectivity index is 1.67. The molecule has 5 rings (SSSR count). The first-order valence-corrected chi connectivity index (χ1v) is 13.5. The second-order valence-electron chi connectivity index (χ2n) is 10.7. The molecule has 1 saturated carbocycles. The van der Waals surface area contributed by atoms with Crippen molar-refractivity contribution >= 4 is 17.5 Å². The van der Waals surface area contributed by atoms with Gasteiger partial charge in [0, 0.05) is 29.8 Å². The smallest absolute Gasteiger partial charge is 0.406 e. The number of ether oxygens (including phenoxy) is 1. The van der Waals surface area contributed by atoms with E-state index in [0.717, 1.165) is 16.9 Å². The van der Waals surface area contributed by atoms with E-state index >= 15 is 0 Å². The van der Waals surface area contributed by atoms with E-state index in [4.69, 9.17) is 0 Å². The molecule has 0 radical (unpaired) electrons. The van der Waals surface area contributed by atoms with Gasteiger partial charge < -0.3 is 14.5 Å². The Kier molecular flexibility index (Phi) is 7.95. The molecule has 8 nitrogen and oxygen atoms in total. The number of tetrazole rings is 1. The summed E-state index contributed by atoms with van der Waals surface area (Å²) in [6.45, 7) is 1.18. The predicted molar refractivity (Wildman–Crippen MR) is 136 cm³/mol. The summed E-state index contributed by atoms with van der Waals surface area (Å²) in [7, 11) is 1.38. The van der Waals surface area contributed by atoms with Gasteiger partial charge in [-0.15, -0.1) is 18.3 Å². The highest BCUT2D eigenvalue weighted by atomic mass is 19.4. The van der Waals surface area contributed by atoms with Crippen LogP contribution in [-0.2, 0) is 30.7 Å². The molecule has 0 unspecified atom stereocenters. The zero-order valence-corrected chi connectivity index (χ0v) is 23.1. The van der Waals surface area contributed by atoms with Crippen molar-refractivity contribution in [2.75, 3.05) is 9.80 Å². The number of nitrogens with zero attached hydrogens (tertiary/aromatic N) is 6. The minimum absolute atomic E-state index is 0.000439. The molecule has 2 atom stereocenters. The Labute approximate surface area is 244 Å². The molecule has 0 spiro atoms. The highest BCUT2D eigenvalue weighted by Crippen LogP contribution is 2.47. The quantitative estimate of drug-likeness (QED) is 0.265. The topological polar surface area (TPSA) is 76.4 Å². The van der Waals surface area contributed by atoms with E-state index in [1.807, 2.05) is 0 Å². The summed E-state index contributed by atoms with van der Waals surface area (Å²) in [4.78, 5) is 17.2. The number of hydrogen-bond donors (Lipinski definition) is 0. The fourth-order valence-corrected chi connectivity index (χ4v) is 5.39. The first kappa shape index (κ1) is 31.4. The minimum atomic E-state index is -5.11. The average Bonchev–Trinajstić information content (AvgIpc) is 3.68. The van der Waals surface area contributed by atoms with E-state index in [1.54, 1.807) is 6.92 Å². The number of aryl methyl sites for hydroxylation is 1. The number of aromatic nitrogens is 4. The van der Waals surface area contributed by atoms with Crippen molar-refractivity contribution in [1.29, 1.82) is 0 Å². The number of fused-ring (bicyclic) bond motifs is 1. The molecule has 1 aliphatic carbocycles. The Hall–Kier alpha value is -4.05.